The van der Waals surface area contributed by atoms with Crippen LogP contribution in [0.25, 0.3) is 0 Å². The number of carbonyl (C=O) groups excluding carboxylic acids is 1. The van der Waals surface area contributed by atoms with E-state index in [1.807, 2.05) is 38.1 Å². The molecule has 110 valence electrons. The molecule has 0 heterocycles. The average molecular weight is 274 g/mol. The molecule has 1 aromatic rings. The molecule has 0 atom stereocenters. The summed E-state index contributed by atoms with van der Waals surface area (Å²) in [5, 5.41) is 3.34. The SMILES string of the molecule is CNC1CCC(N(C)C(=O)c2cccc(C)c2C)CC1. The van der Waals surface area contributed by atoms with E-state index in [0.717, 1.165) is 36.8 Å². The first kappa shape index (κ1) is 15.0. The van der Waals surface area contributed by atoms with Gasteiger partial charge in [0.15, 0.2) is 0 Å². The van der Waals surface area contributed by atoms with Crippen LogP contribution < -0.4 is 5.32 Å². The van der Waals surface area contributed by atoms with Crippen LogP contribution in [0.3, 0.4) is 0 Å². The maximum Gasteiger partial charge on any atom is 0.254 e. The van der Waals surface area contributed by atoms with E-state index in [1.54, 1.807) is 0 Å². The van der Waals surface area contributed by atoms with Crippen molar-refractivity contribution in [3.63, 3.8) is 0 Å². The van der Waals surface area contributed by atoms with Crippen molar-refractivity contribution in [3.05, 3.63) is 34.9 Å². The van der Waals surface area contributed by atoms with Gasteiger partial charge in [0.1, 0.15) is 0 Å². The second-order valence-corrected chi connectivity index (χ2v) is 5.96. The first-order valence-electron chi connectivity index (χ1n) is 7.55. The van der Waals surface area contributed by atoms with Gasteiger partial charge in [0.25, 0.3) is 5.91 Å². The highest BCUT2D eigenvalue weighted by Crippen LogP contribution is 2.24. The number of hydrogen-bond donors (Lipinski definition) is 1. The molecule has 2 rings (SSSR count). The fourth-order valence-corrected chi connectivity index (χ4v) is 3.09. The van der Waals surface area contributed by atoms with Crippen molar-refractivity contribution in [2.24, 2.45) is 0 Å². The van der Waals surface area contributed by atoms with Crippen molar-refractivity contribution >= 4 is 5.91 Å². The standard InChI is InChI=1S/C17H26N2O/c1-12-6-5-7-16(13(12)2)17(20)19(4)15-10-8-14(18-3)9-11-15/h5-7,14-15,18H,8-11H2,1-4H3. The van der Waals surface area contributed by atoms with Crippen LogP contribution in [0.1, 0.15) is 47.2 Å². The number of carbonyl (C=O) groups is 1. The minimum Gasteiger partial charge on any atom is -0.339 e. The number of hydrogen-bond acceptors (Lipinski definition) is 2. The summed E-state index contributed by atoms with van der Waals surface area (Å²) in [7, 11) is 3.98. The summed E-state index contributed by atoms with van der Waals surface area (Å²) in [6.07, 6.45) is 4.51. The van der Waals surface area contributed by atoms with Crippen LogP contribution in [0.15, 0.2) is 18.2 Å². The van der Waals surface area contributed by atoms with Crippen molar-refractivity contribution in [2.45, 2.75) is 51.6 Å². The predicted molar refractivity (Wildman–Crippen MR) is 83.1 cm³/mol. The Morgan fingerprint density at radius 2 is 1.85 bits per heavy atom. The summed E-state index contributed by atoms with van der Waals surface area (Å²) in [5.74, 6) is 0.166. The smallest absolute Gasteiger partial charge is 0.254 e. The summed E-state index contributed by atoms with van der Waals surface area (Å²) in [6, 6.07) is 6.98. The van der Waals surface area contributed by atoms with Crippen molar-refractivity contribution in [2.75, 3.05) is 14.1 Å². The summed E-state index contributed by atoms with van der Waals surface area (Å²) < 4.78 is 0. The van der Waals surface area contributed by atoms with Gasteiger partial charge in [-0.15, -0.1) is 0 Å². The number of benzene rings is 1. The van der Waals surface area contributed by atoms with Crippen molar-refractivity contribution in [1.29, 1.82) is 0 Å². The van der Waals surface area contributed by atoms with Crippen LogP contribution in [-0.4, -0.2) is 37.0 Å². The van der Waals surface area contributed by atoms with Gasteiger partial charge in [-0.1, -0.05) is 12.1 Å². The third kappa shape index (κ3) is 3.04. The normalized spacial score (nSPS) is 22.6. The summed E-state index contributed by atoms with van der Waals surface area (Å²) in [5.41, 5.74) is 3.14. The summed E-state index contributed by atoms with van der Waals surface area (Å²) in [4.78, 5) is 14.6. The van der Waals surface area contributed by atoms with Crippen molar-refractivity contribution in [3.8, 4) is 0 Å². The zero-order valence-corrected chi connectivity index (χ0v) is 13.1. The molecule has 1 aliphatic carbocycles. The van der Waals surface area contributed by atoms with Crippen LogP contribution in [0.5, 0.6) is 0 Å². The highest BCUT2D eigenvalue weighted by molar-refractivity contribution is 5.96. The third-order valence-corrected chi connectivity index (χ3v) is 4.81. The van der Waals surface area contributed by atoms with E-state index < -0.39 is 0 Å². The van der Waals surface area contributed by atoms with Crippen LogP contribution >= 0.6 is 0 Å². The molecule has 0 saturated heterocycles. The summed E-state index contributed by atoms with van der Waals surface area (Å²) >= 11 is 0. The molecule has 0 spiro atoms. The fraction of sp³-hybridized carbons (Fsp3) is 0.588. The largest absolute Gasteiger partial charge is 0.339 e. The molecule has 1 amide bonds. The van der Waals surface area contributed by atoms with Gasteiger partial charge >= 0.3 is 0 Å². The second kappa shape index (κ2) is 6.40. The van der Waals surface area contributed by atoms with Gasteiger partial charge in [-0.3, -0.25) is 4.79 Å². The molecule has 1 aromatic carbocycles. The zero-order valence-electron chi connectivity index (χ0n) is 13.1. The molecule has 20 heavy (non-hydrogen) atoms. The Bertz CT molecular complexity index is 476. The van der Waals surface area contributed by atoms with Gasteiger partial charge in [-0.05, 0) is 63.8 Å². The Hall–Kier alpha value is -1.35. The predicted octanol–water partition coefficient (Wildman–Crippen LogP) is 2.91. The summed E-state index contributed by atoms with van der Waals surface area (Å²) in [6.45, 7) is 4.10. The monoisotopic (exact) mass is 274 g/mol. The van der Waals surface area contributed by atoms with E-state index in [4.69, 9.17) is 0 Å². The van der Waals surface area contributed by atoms with Crippen molar-refractivity contribution < 1.29 is 4.79 Å². The van der Waals surface area contributed by atoms with Crippen LogP contribution in [0, 0.1) is 13.8 Å². The number of nitrogens with zero attached hydrogens (tertiary/aromatic N) is 1. The second-order valence-electron chi connectivity index (χ2n) is 5.96. The molecule has 1 fully saturated rings. The molecular weight excluding hydrogens is 248 g/mol. The third-order valence-electron chi connectivity index (χ3n) is 4.81. The van der Waals surface area contributed by atoms with E-state index in [9.17, 15) is 4.79 Å². The lowest BCUT2D eigenvalue weighted by atomic mass is 9.90. The first-order chi connectivity index (χ1) is 9.54. The number of nitrogens with one attached hydrogen (secondary N) is 1. The minimum absolute atomic E-state index is 0.166. The van der Waals surface area contributed by atoms with Gasteiger partial charge in [0.05, 0.1) is 0 Å². The molecule has 0 unspecified atom stereocenters. The average Bonchev–Trinajstić information content (AvgIpc) is 2.48. The zero-order chi connectivity index (χ0) is 14.7. The van der Waals surface area contributed by atoms with Crippen LogP contribution in [0.2, 0.25) is 0 Å². The van der Waals surface area contributed by atoms with Crippen LogP contribution in [-0.2, 0) is 0 Å². The van der Waals surface area contributed by atoms with Gasteiger partial charge < -0.3 is 10.2 Å². The van der Waals surface area contributed by atoms with E-state index in [2.05, 4.69) is 18.3 Å². The molecular formula is C17H26N2O. The fourth-order valence-electron chi connectivity index (χ4n) is 3.09. The molecule has 0 radical (unpaired) electrons. The van der Waals surface area contributed by atoms with E-state index in [1.165, 1.54) is 5.56 Å². The Labute approximate surface area is 122 Å². The van der Waals surface area contributed by atoms with E-state index in [0.29, 0.717) is 12.1 Å². The molecule has 1 N–H and O–H groups in total. The Kier molecular flexibility index (Phi) is 4.81. The number of rotatable bonds is 3. The van der Waals surface area contributed by atoms with E-state index in [-0.39, 0.29) is 5.91 Å². The topological polar surface area (TPSA) is 32.3 Å². The molecule has 0 aliphatic heterocycles. The Morgan fingerprint density at radius 1 is 1.20 bits per heavy atom. The van der Waals surface area contributed by atoms with Gasteiger partial charge in [0, 0.05) is 24.7 Å². The minimum atomic E-state index is 0.166. The van der Waals surface area contributed by atoms with Crippen LogP contribution in [0.4, 0.5) is 0 Å². The number of aryl methyl sites for hydroxylation is 1. The van der Waals surface area contributed by atoms with Gasteiger partial charge in [0.2, 0.25) is 0 Å². The lowest BCUT2D eigenvalue weighted by Gasteiger charge is -2.35. The first-order valence-corrected chi connectivity index (χ1v) is 7.55. The lowest BCUT2D eigenvalue weighted by molar-refractivity contribution is 0.0685. The molecule has 1 aliphatic rings. The van der Waals surface area contributed by atoms with Gasteiger partial charge in [-0.25, -0.2) is 0 Å². The maximum absolute atomic E-state index is 12.7. The highest BCUT2D eigenvalue weighted by Gasteiger charge is 2.27. The maximum atomic E-state index is 12.7. The van der Waals surface area contributed by atoms with Crippen molar-refractivity contribution in [1.82, 2.24) is 10.2 Å². The molecule has 0 aromatic heterocycles. The number of amides is 1. The van der Waals surface area contributed by atoms with Gasteiger partial charge in [-0.2, -0.15) is 0 Å². The lowest BCUT2D eigenvalue weighted by Crippen LogP contribution is -2.42. The highest BCUT2D eigenvalue weighted by atomic mass is 16.2. The molecule has 3 heteroatoms. The Morgan fingerprint density at radius 3 is 2.45 bits per heavy atom. The molecule has 0 bridgehead atoms. The Balaban J connectivity index is 2.07. The molecule has 3 nitrogen and oxygen atoms in total. The molecule has 1 saturated carbocycles. The quantitative estimate of drug-likeness (QED) is 0.919. The van der Waals surface area contributed by atoms with E-state index >= 15 is 0 Å².